The molecular weight excluding hydrogens is 620 g/mol. The number of nitrogens with zero attached hydrogens (tertiary/aromatic N) is 2. The standard InChI is InChI=1S/C20H18F2N2O3.C13H14BrNO/c1-11-3-5-13(6-4-11)20-24-15(12(2)27-20)9-10-26-16-8-7-14(21)17(18(16)22)19(23)25;1-9-3-5-11(6-4-9)13-15-12(7-8-14)10(2)16-13/h3-8H,9-10H2,1-2H3,(H2,23,25);3-6H,7-8H2,1-2H3. The van der Waals surface area contributed by atoms with Gasteiger partial charge in [0.25, 0.3) is 5.91 Å². The minimum Gasteiger partial charge on any atom is -0.490 e. The number of alkyl halides is 1. The molecule has 0 atom stereocenters. The Labute approximate surface area is 257 Å². The molecule has 0 bridgehead atoms. The van der Waals surface area contributed by atoms with E-state index in [0.29, 0.717) is 29.7 Å². The zero-order valence-corrected chi connectivity index (χ0v) is 25.9. The molecule has 0 spiro atoms. The van der Waals surface area contributed by atoms with E-state index < -0.39 is 23.1 Å². The molecule has 0 fully saturated rings. The van der Waals surface area contributed by atoms with E-state index in [-0.39, 0.29) is 12.4 Å². The van der Waals surface area contributed by atoms with Crippen LogP contribution in [0, 0.1) is 39.3 Å². The fourth-order valence-electron chi connectivity index (χ4n) is 4.18. The van der Waals surface area contributed by atoms with Gasteiger partial charge in [-0.05, 0) is 64.1 Å². The van der Waals surface area contributed by atoms with E-state index in [2.05, 4.69) is 45.0 Å². The largest absolute Gasteiger partial charge is 0.490 e. The predicted octanol–water partition coefficient (Wildman–Crippen LogP) is 7.85. The Morgan fingerprint density at radius 1 is 0.791 bits per heavy atom. The Balaban J connectivity index is 0.000000225. The number of carbonyl (C=O) groups is 1. The summed E-state index contributed by atoms with van der Waals surface area (Å²) in [4.78, 5) is 20.1. The molecule has 2 heterocycles. The summed E-state index contributed by atoms with van der Waals surface area (Å²) < 4.78 is 44.3. The smallest absolute Gasteiger partial charge is 0.254 e. The fourth-order valence-corrected chi connectivity index (χ4v) is 4.55. The Morgan fingerprint density at radius 3 is 1.74 bits per heavy atom. The van der Waals surface area contributed by atoms with E-state index in [1.54, 1.807) is 6.92 Å². The number of benzene rings is 3. The lowest BCUT2D eigenvalue weighted by molar-refractivity contribution is 0.0991. The van der Waals surface area contributed by atoms with Crippen LogP contribution in [0.2, 0.25) is 0 Å². The third-order valence-corrected chi connectivity index (χ3v) is 7.01. The molecule has 0 radical (unpaired) electrons. The molecule has 10 heteroatoms. The van der Waals surface area contributed by atoms with Gasteiger partial charge in [0.15, 0.2) is 11.6 Å². The van der Waals surface area contributed by atoms with Crippen molar-refractivity contribution in [2.24, 2.45) is 5.73 Å². The van der Waals surface area contributed by atoms with Gasteiger partial charge in [0.2, 0.25) is 11.8 Å². The summed E-state index contributed by atoms with van der Waals surface area (Å²) in [5.41, 5.74) is 10.2. The van der Waals surface area contributed by atoms with E-state index in [1.807, 2.05) is 50.2 Å². The molecule has 0 saturated carbocycles. The van der Waals surface area contributed by atoms with Crippen LogP contribution in [0.5, 0.6) is 5.75 Å². The van der Waals surface area contributed by atoms with E-state index in [1.165, 1.54) is 5.56 Å². The first-order chi connectivity index (χ1) is 20.6. The molecule has 1 amide bonds. The highest BCUT2D eigenvalue weighted by atomic mass is 79.9. The van der Waals surface area contributed by atoms with Gasteiger partial charge < -0.3 is 19.3 Å². The van der Waals surface area contributed by atoms with Crippen molar-refractivity contribution in [2.75, 3.05) is 11.9 Å². The van der Waals surface area contributed by atoms with Crippen molar-refractivity contribution in [3.05, 3.63) is 112 Å². The summed E-state index contributed by atoms with van der Waals surface area (Å²) in [5, 5.41) is 0.910. The Kier molecular flexibility index (Phi) is 10.5. The lowest BCUT2D eigenvalue weighted by atomic mass is 10.1. The maximum atomic E-state index is 14.1. The minimum absolute atomic E-state index is 0.0709. The molecule has 3 aromatic carbocycles. The maximum Gasteiger partial charge on any atom is 0.254 e. The van der Waals surface area contributed by atoms with Crippen LogP contribution < -0.4 is 10.5 Å². The van der Waals surface area contributed by atoms with Gasteiger partial charge in [-0.3, -0.25) is 4.79 Å². The van der Waals surface area contributed by atoms with Crippen molar-refractivity contribution >= 4 is 21.8 Å². The third-order valence-electron chi connectivity index (χ3n) is 6.61. The van der Waals surface area contributed by atoms with Gasteiger partial charge in [0.05, 0.1) is 18.0 Å². The van der Waals surface area contributed by atoms with Crippen molar-refractivity contribution in [1.29, 1.82) is 0 Å². The van der Waals surface area contributed by atoms with E-state index in [9.17, 15) is 13.6 Å². The third kappa shape index (κ3) is 7.95. The van der Waals surface area contributed by atoms with Gasteiger partial charge in [-0.15, -0.1) is 0 Å². The zero-order chi connectivity index (χ0) is 31.1. The summed E-state index contributed by atoms with van der Waals surface area (Å²) >= 11 is 3.41. The Bertz CT molecular complexity index is 1700. The highest BCUT2D eigenvalue weighted by molar-refractivity contribution is 9.09. The molecule has 0 saturated heterocycles. The predicted molar refractivity (Wildman–Crippen MR) is 164 cm³/mol. The summed E-state index contributed by atoms with van der Waals surface area (Å²) in [6.45, 7) is 7.88. The number of aryl methyl sites for hydroxylation is 5. The van der Waals surface area contributed by atoms with Crippen LogP contribution in [-0.4, -0.2) is 27.8 Å². The second-order valence-electron chi connectivity index (χ2n) is 9.91. The summed E-state index contributed by atoms with van der Waals surface area (Å²) in [6, 6.07) is 18.0. The van der Waals surface area contributed by atoms with Gasteiger partial charge in [-0.2, -0.15) is 0 Å². The van der Waals surface area contributed by atoms with E-state index in [0.717, 1.165) is 52.0 Å². The first-order valence-electron chi connectivity index (χ1n) is 13.6. The number of carbonyl (C=O) groups excluding carboxylic acids is 1. The normalized spacial score (nSPS) is 10.8. The second-order valence-corrected chi connectivity index (χ2v) is 10.7. The average molecular weight is 653 g/mol. The number of hydrogen-bond acceptors (Lipinski definition) is 6. The Morgan fingerprint density at radius 2 is 1.28 bits per heavy atom. The number of ether oxygens (including phenoxy) is 1. The molecule has 5 rings (SSSR count). The van der Waals surface area contributed by atoms with E-state index in [4.69, 9.17) is 19.3 Å². The van der Waals surface area contributed by atoms with E-state index >= 15 is 0 Å². The second kappa shape index (κ2) is 14.2. The molecule has 7 nitrogen and oxygen atoms in total. The molecule has 0 aliphatic heterocycles. The van der Waals surface area contributed by atoms with Crippen LogP contribution in [0.25, 0.3) is 22.9 Å². The van der Waals surface area contributed by atoms with Crippen LogP contribution in [0.1, 0.15) is 44.4 Å². The van der Waals surface area contributed by atoms with Gasteiger partial charge in [-0.25, -0.2) is 18.7 Å². The quantitative estimate of drug-likeness (QED) is 0.163. The topological polar surface area (TPSA) is 104 Å². The van der Waals surface area contributed by atoms with Gasteiger partial charge >= 0.3 is 0 Å². The van der Waals surface area contributed by atoms with Crippen LogP contribution in [-0.2, 0) is 12.8 Å². The van der Waals surface area contributed by atoms with Crippen LogP contribution in [0.4, 0.5) is 8.78 Å². The maximum absolute atomic E-state index is 14.1. The van der Waals surface area contributed by atoms with Gasteiger partial charge in [0, 0.05) is 29.3 Å². The van der Waals surface area contributed by atoms with Crippen LogP contribution >= 0.6 is 15.9 Å². The van der Waals surface area contributed by atoms with Crippen LogP contribution in [0.15, 0.2) is 69.5 Å². The summed E-state index contributed by atoms with van der Waals surface area (Å²) in [7, 11) is 0. The number of nitrogens with two attached hydrogens (primary N) is 1. The van der Waals surface area contributed by atoms with Gasteiger partial charge in [-0.1, -0.05) is 51.3 Å². The lowest BCUT2D eigenvalue weighted by Gasteiger charge is -2.09. The monoisotopic (exact) mass is 651 g/mol. The number of aromatic nitrogens is 2. The van der Waals surface area contributed by atoms with Crippen LogP contribution in [0.3, 0.4) is 0 Å². The molecule has 2 N–H and O–H groups in total. The molecule has 224 valence electrons. The number of hydrogen-bond donors (Lipinski definition) is 1. The van der Waals surface area contributed by atoms with Crippen molar-refractivity contribution in [3.63, 3.8) is 0 Å². The average Bonchev–Trinajstić information content (AvgIpc) is 3.53. The SMILES string of the molecule is Cc1ccc(-c2nc(CCBr)c(C)o2)cc1.Cc1ccc(-c2nc(CCOc3ccc(F)c(C(N)=O)c3F)c(C)o2)cc1. The first-order valence-corrected chi connectivity index (χ1v) is 14.7. The van der Waals surface area contributed by atoms with Crippen molar-refractivity contribution < 1.29 is 27.1 Å². The van der Waals surface area contributed by atoms with Crippen molar-refractivity contribution in [1.82, 2.24) is 9.97 Å². The molecule has 2 aromatic heterocycles. The fraction of sp³-hybridized carbons (Fsp3) is 0.242. The summed E-state index contributed by atoms with van der Waals surface area (Å²) in [5.74, 6) is -0.820. The highest BCUT2D eigenvalue weighted by Gasteiger charge is 2.19. The Hall–Kier alpha value is -4.31. The molecule has 43 heavy (non-hydrogen) atoms. The zero-order valence-electron chi connectivity index (χ0n) is 24.3. The number of oxazole rings is 2. The minimum atomic E-state index is -1.19. The molecule has 5 aromatic rings. The molecule has 0 aliphatic carbocycles. The van der Waals surface area contributed by atoms with Crippen molar-refractivity contribution in [2.45, 2.75) is 40.5 Å². The first kappa shape index (κ1) is 31.6. The molecular formula is C33H32BrF2N3O4. The number of rotatable bonds is 9. The molecule has 0 unspecified atom stereocenters. The van der Waals surface area contributed by atoms with Gasteiger partial charge in [0.1, 0.15) is 22.9 Å². The number of amides is 1. The van der Waals surface area contributed by atoms with Crippen molar-refractivity contribution in [3.8, 4) is 28.7 Å². The highest BCUT2D eigenvalue weighted by Crippen LogP contribution is 2.25. The lowest BCUT2D eigenvalue weighted by Crippen LogP contribution is -2.16. The molecule has 0 aliphatic rings. The number of primary amides is 1. The summed E-state index contributed by atoms with van der Waals surface area (Å²) in [6.07, 6.45) is 1.26. The number of halogens is 3.